The molecule has 0 amide bonds. The Morgan fingerprint density at radius 2 is 1.85 bits per heavy atom. The molecular weight excluding hydrogens is 163 g/mol. The first-order chi connectivity index (χ1) is 6.68. The maximum atomic E-state index is 9.12. The highest BCUT2D eigenvalue weighted by atomic mass is 16.4. The Bertz CT molecular complexity index is 471. The minimum Gasteiger partial charge on any atom is -0.423 e. The van der Waals surface area contributed by atoms with Crippen molar-refractivity contribution < 1.29 is 11.4 Å². The van der Waals surface area contributed by atoms with Crippen molar-refractivity contribution >= 4 is 23.4 Å². The summed E-state index contributed by atoms with van der Waals surface area (Å²) in [4.78, 5) is 0. The molecule has 0 bridgehead atoms. The van der Waals surface area contributed by atoms with Gasteiger partial charge >= 0.3 is 7.12 Å². The molecule has 0 radical (unpaired) electrons. The molecule has 0 unspecified atom stereocenters. The molecule has 0 heterocycles. The van der Waals surface area contributed by atoms with Gasteiger partial charge in [0.2, 0.25) is 0 Å². The Balaban J connectivity index is 2.80. The first-order valence-corrected chi connectivity index (χ1v) is 4.04. The number of fused-ring (bicyclic) bond motifs is 1. The van der Waals surface area contributed by atoms with Gasteiger partial charge in [0.1, 0.15) is 0 Å². The third-order valence-corrected chi connectivity index (χ3v) is 2.03. The van der Waals surface area contributed by atoms with E-state index < -0.39 is 7.12 Å². The summed E-state index contributed by atoms with van der Waals surface area (Å²) in [6, 6.07) is 10.8. The van der Waals surface area contributed by atoms with Crippen LogP contribution in [-0.4, -0.2) is 17.2 Å². The lowest BCUT2D eigenvalue weighted by Gasteiger charge is -2.03. The number of hydrogen-bond acceptors (Lipinski definition) is 2. The van der Waals surface area contributed by atoms with Crippen molar-refractivity contribution in [2.75, 3.05) is 0 Å². The molecule has 0 fully saturated rings. The van der Waals surface area contributed by atoms with Gasteiger partial charge < -0.3 is 10.0 Å². The van der Waals surface area contributed by atoms with Gasteiger partial charge in [0.15, 0.2) is 0 Å². The monoisotopic (exact) mass is 173 g/mol. The SMILES string of the molecule is [2H]c1cc(B(O)O)c2ccccc2c1. The largest absolute Gasteiger partial charge is 0.489 e. The smallest absolute Gasteiger partial charge is 0.423 e. The van der Waals surface area contributed by atoms with Crippen LogP contribution in [0.2, 0.25) is 0 Å². The summed E-state index contributed by atoms with van der Waals surface area (Å²) in [5.74, 6) is 0. The number of hydrogen-bond donors (Lipinski definition) is 2. The van der Waals surface area contributed by atoms with Gasteiger partial charge in [-0.25, -0.2) is 0 Å². The topological polar surface area (TPSA) is 40.5 Å². The van der Waals surface area contributed by atoms with Crippen LogP contribution in [0, 0.1) is 0 Å². The van der Waals surface area contributed by atoms with E-state index in [0.29, 0.717) is 5.46 Å². The van der Waals surface area contributed by atoms with Crippen molar-refractivity contribution in [1.82, 2.24) is 0 Å². The van der Waals surface area contributed by atoms with Crippen LogP contribution in [-0.2, 0) is 0 Å². The molecule has 2 aromatic rings. The van der Waals surface area contributed by atoms with Crippen molar-refractivity contribution in [2.24, 2.45) is 0 Å². The fourth-order valence-electron chi connectivity index (χ4n) is 1.40. The molecule has 3 heteroatoms. The zero-order valence-corrected chi connectivity index (χ0v) is 6.94. The second kappa shape index (κ2) is 3.20. The molecule has 0 atom stereocenters. The third-order valence-electron chi connectivity index (χ3n) is 2.03. The van der Waals surface area contributed by atoms with E-state index in [2.05, 4.69) is 0 Å². The standard InChI is InChI=1S/C10H9BO2/c12-11(13)10-7-3-5-8-4-1-2-6-9(8)10/h1-7,12-13H/i3D. The second-order valence-corrected chi connectivity index (χ2v) is 2.87. The van der Waals surface area contributed by atoms with Gasteiger partial charge in [0, 0.05) is 0 Å². The van der Waals surface area contributed by atoms with Crippen LogP contribution in [0.15, 0.2) is 42.4 Å². The van der Waals surface area contributed by atoms with Gasteiger partial charge in [-0.3, -0.25) is 0 Å². The van der Waals surface area contributed by atoms with E-state index in [1.54, 1.807) is 6.07 Å². The fourth-order valence-corrected chi connectivity index (χ4v) is 1.40. The predicted octanol–water partition coefficient (Wildman–Crippen LogP) is 0.520. The molecule has 0 aliphatic rings. The van der Waals surface area contributed by atoms with Gasteiger partial charge in [0.05, 0.1) is 1.37 Å². The zero-order valence-electron chi connectivity index (χ0n) is 7.94. The van der Waals surface area contributed by atoms with Crippen molar-refractivity contribution in [2.45, 2.75) is 0 Å². The quantitative estimate of drug-likeness (QED) is 0.617. The van der Waals surface area contributed by atoms with E-state index in [1.807, 2.05) is 24.3 Å². The minimum atomic E-state index is -1.52. The summed E-state index contributed by atoms with van der Waals surface area (Å²) in [5, 5.41) is 19.9. The zero-order chi connectivity index (χ0) is 10.1. The summed E-state index contributed by atoms with van der Waals surface area (Å²) in [6.45, 7) is 0. The lowest BCUT2D eigenvalue weighted by Crippen LogP contribution is -2.30. The van der Waals surface area contributed by atoms with Gasteiger partial charge in [-0.05, 0) is 16.2 Å². The Morgan fingerprint density at radius 1 is 1.08 bits per heavy atom. The van der Waals surface area contributed by atoms with Crippen LogP contribution in [0.25, 0.3) is 10.8 Å². The molecule has 2 N–H and O–H groups in total. The summed E-state index contributed by atoms with van der Waals surface area (Å²) >= 11 is 0. The van der Waals surface area contributed by atoms with Gasteiger partial charge in [-0.15, -0.1) is 0 Å². The fraction of sp³-hybridized carbons (Fsp3) is 0. The first kappa shape index (κ1) is 7.12. The van der Waals surface area contributed by atoms with E-state index in [4.69, 9.17) is 11.4 Å². The Labute approximate surface area is 78.0 Å². The normalized spacial score (nSPS) is 11.4. The van der Waals surface area contributed by atoms with E-state index in [9.17, 15) is 0 Å². The molecule has 0 spiro atoms. The van der Waals surface area contributed by atoms with E-state index in [0.717, 1.165) is 10.8 Å². The molecule has 2 nitrogen and oxygen atoms in total. The van der Waals surface area contributed by atoms with Crippen LogP contribution in [0.3, 0.4) is 0 Å². The minimum absolute atomic E-state index is 0.284. The number of benzene rings is 2. The third kappa shape index (κ3) is 1.44. The van der Waals surface area contributed by atoms with Crippen molar-refractivity contribution in [3.63, 3.8) is 0 Å². The molecule has 0 saturated carbocycles. The van der Waals surface area contributed by atoms with Crippen LogP contribution >= 0.6 is 0 Å². The second-order valence-electron chi connectivity index (χ2n) is 2.87. The molecule has 13 heavy (non-hydrogen) atoms. The lowest BCUT2D eigenvalue weighted by atomic mass is 9.77. The maximum Gasteiger partial charge on any atom is 0.489 e. The van der Waals surface area contributed by atoms with Gasteiger partial charge in [0.25, 0.3) is 0 Å². The molecular formula is C10H9BO2. The van der Waals surface area contributed by atoms with Crippen LogP contribution in [0.1, 0.15) is 1.37 Å². The molecule has 0 aromatic heterocycles. The summed E-state index contributed by atoms with van der Waals surface area (Å²) in [5.41, 5.74) is 0.383. The lowest BCUT2D eigenvalue weighted by molar-refractivity contribution is 0.426. The van der Waals surface area contributed by atoms with Crippen molar-refractivity contribution in [3.05, 3.63) is 42.4 Å². The maximum absolute atomic E-state index is 9.12. The molecule has 64 valence electrons. The summed E-state index contributed by atoms with van der Waals surface area (Å²) in [7, 11) is -1.52. The average molecular weight is 173 g/mol. The molecule has 0 saturated heterocycles. The van der Waals surface area contributed by atoms with Crippen molar-refractivity contribution in [3.8, 4) is 0 Å². The van der Waals surface area contributed by atoms with Crippen molar-refractivity contribution in [1.29, 1.82) is 0 Å². The Morgan fingerprint density at radius 3 is 2.62 bits per heavy atom. The van der Waals surface area contributed by atoms with E-state index >= 15 is 0 Å². The highest BCUT2D eigenvalue weighted by Gasteiger charge is 2.13. The molecule has 2 aromatic carbocycles. The van der Waals surface area contributed by atoms with Crippen LogP contribution in [0.4, 0.5) is 0 Å². The molecule has 0 aliphatic carbocycles. The van der Waals surface area contributed by atoms with E-state index in [-0.39, 0.29) is 6.04 Å². The highest BCUT2D eigenvalue weighted by Crippen LogP contribution is 2.10. The summed E-state index contributed by atoms with van der Waals surface area (Å²) in [6.07, 6.45) is 0. The number of rotatable bonds is 1. The van der Waals surface area contributed by atoms with Crippen LogP contribution < -0.4 is 5.46 Å². The Kier molecular flexibility index (Phi) is 1.76. The molecule has 0 aliphatic heterocycles. The van der Waals surface area contributed by atoms with Crippen LogP contribution in [0.5, 0.6) is 0 Å². The van der Waals surface area contributed by atoms with Gasteiger partial charge in [-0.1, -0.05) is 42.4 Å². The molecule has 2 rings (SSSR count). The first-order valence-electron chi connectivity index (χ1n) is 4.54. The van der Waals surface area contributed by atoms with E-state index in [1.165, 1.54) is 6.07 Å². The predicted molar refractivity (Wildman–Crippen MR) is 53.8 cm³/mol. The highest BCUT2D eigenvalue weighted by molar-refractivity contribution is 6.61. The van der Waals surface area contributed by atoms with Gasteiger partial charge in [-0.2, -0.15) is 0 Å². The average Bonchev–Trinajstić information content (AvgIpc) is 2.16. The summed E-state index contributed by atoms with van der Waals surface area (Å²) < 4.78 is 7.49. The Hall–Kier alpha value is -1.32.